The molecule has 23 heavy (non-hydrogen) atoms. The van der Waals surface area contributed by atoms with Gasteiger partial charge in [-0.1, -0.05) is 45.4 Å². The highest BCUT2D eigenvalue weighted by atomic mass is 16.7. The molecule has 6 unspecified atom stereocenters. The van der Waals surface area contributed by atoms with Crippen molar-refractivity contribution < 1.29 is 29.2 Å². The van der Waals surface area contributed by atoms with E-state index in [1.807, 2.05) is 0 Å². The van der Waals surface area contributed by atoms with E-state index in [2.05, 4.69) is 6.92 Å². The molecule has 6 heteroatoms. The normalized spacial score (nSPS) is 37.6. The van der Waals surface area contributed by atoms with Gasteiger partial charge in [0, 0.05) is 7.11 Å². The van der Waals surface area contributed by atoms with Crippen LogP contribution in [0.25, 0.3) is 0 Å². The quantitative estimate of drug-likeness (QED) is 0.629. The zero-order chi connectivity index (χ0) is 16.7. The summed E-state index contributed by atoms with van der Waals surface area (Å²) in [6.07, 6.45) is 5.26. The van der Waals surface area contributed by atoms with Crippen molar-refractivity contribution in [1.29, 1.82) is 0 Å². The molecule has 2 rings (SSSR count). The molecule has 2 heterocycles. The number of methoxy groups -OCH3 is 1. The monoisotopic (exact) mass is 332 g/mol. The summed E-state index contributed by atoms with van der Waals surface area (Å²) >= 11 is 0. The standard InChI is InChI=1S/C17H32O6/c1-3-4-5-6-7-8-9-10-13-21-11-12-16(23-13)14(18)15(19)17(20-2)22-12/h12-19H,3-11H2,1-2H3. The molecule has 0 aromatic rings. The molecule has 2 fully saturated rings. The van der Waals surface area contributed by atoms with Gasteiger partial charge in [-0.25, -0.2) is 0 Å². The average molecular weight is 332 g/mol. The van der Waals surface area contributed by atoms with Gasteiger partial charge in [0.25, 0.3) is 0 Å². The molecule has 0 amide bonds. The van der Waals surface area contributed by atoms with Crippen molar-refractivity contribution in [1.82, 2.24) is 0 Å². The lowest BCUT2D eigenvalue weighted by atomic mass is 9.98. The third-order valence-electron chi connectivity index (χ3n) is 4.67. The topological polar surface area (TPSA) is 77.4 Å². The van der Waals surface area contributed by atoms with Gasteiger partial charge in [0.05, 0.1) is 6.61 Å². The lowest BCUT2D eigenvalue weighted by molar-refractivity contribution is -0.356. The van der Waals surface area contributed by atoms with Crippen molar-refractivity contribution in [3.8, 4) is 0 Å². The minimum atomic E-state index is -1.10. The number of ether oxygens (including phenoxy) is 4. The van der Waals surface area contributed by atoms with Crippen LogP contribution in [-0.2, 0) is 18.9 Å². The van der Waals surface area contributed by atoms with E-state index in [1.165, 1.54) is 45.6 Å². The summed E-state index contributed by atoms with van der Waals surface area (Å²) in [6.45, 7) is 2.58. The summed E-state index contributed by atoms with van der Waals surface area (Å²) in [6, 6.07) is 0. The van der Waals surface area contributed by atoms with Crippen LogP contribution >= 0.6 is 0 Å². The van der Waals surface area contributed by atoms with Crippen molar-refractivity contribution in [3.05, 3.63) is 0 Å². The first-order valence-corrected chi connectivity index (χ1v) is 8.98. The molecule has 2 saturated heterocycles. The molecule has 0 saturated carbocycles. The number of aliphatic hydroxyl groups excluding tert-OH is 2. The van der Waals surface area contributed by atoms with Crippen LogP contribution in [-0.4, -0.2) is 60.9 Å². The van der Waals surface area contributed by atoms with E-state index in [0.717, 1.165) is 12.8 Å². The van der Waals surface area contributed by atoms with E-state index in [1.54, 1.807) is 0 Å². The van der Waals surface area contributed by atoms with Crippen LogP contribution in [0, 0.1) is 0 Å². The van der Waals surface area contributed by atoms with Gasteiger partial charge in [-0.3, -0.25) is 0 Å². The molecule has 136 valence electrons. The molecule has 0 aromatic heterocycles. The van der Waals surface area contributed by atoms with E-state index in [-0.39, 0.29) is 6.29 Å². The van der Waals surface area contributed by atoms with Gasteiger partial charge in [-0.05, 0) is 12.8 Å². The Morgan fingerprint density at radius 3 is 2.35 bits per heavy atom. The maximum atomic E-state index is 10.2. The van der Waals surface area contributed by atoms with Crippen LogP contribution in [0.15, 0.2) is 0 Å². The first kappa shape index (κ1) is 19.1. The summed E-state index contributed by atoms with van der Waals surface area (Å²) in [5, 5.41) is 20.2. The highest BCUT2D eigenvalue weighted by Crippen LogP contribution is 2.30. The zero-order valence-electron chi connectivity index (χ0n) is 14.4. The summed E-state index contributed by atoms with van der Waals surface area (Å²) < 4.78 is 22.1. The number of rotatable bonds is 9. The zero-order valence-corrected chi connectivity index (χ0v) is 14.4. The number of unbranched alkanes of at least 4 members (excludes halogenated alkanes) is 6. The lowest BCUT2D eigenvalue weighted by Gasteiger charge is -2.45. The van der Waals surface area contributed by atoms with Crippen LogP contribution in [0.3, 0.4) is 0 Å². The fourth-order valence-electron chi connectivity index (χ4n) is 3.24. The highest BCUT2D eigenvalue weighted by Gasteiger charge is 2.48. The van der Waals surface area contributed by atoms with Crippen LogP contribution in [0.1, 0.15) is 58.3 Å². The van der Waals surface area contributed by atoms with Gasteiger partial charge in [0.15, 0.2) is 12.6 Å². The van der Waals surface area contributed by atoms with Crippen molar-refractivity contribution in [3.63, 3.8) is 0 Å². The van der Waals surface area contributed by atoms with Crippen LogP contribution in [0.4, 0.5) is 0 Å². The van der Waals surface area contributed by atoms with E-state index in [9.17, 15) is 10.2 Å². The minimum Gasteiger partial charge on any atom is -0.387 e. The first-order chi connectivity index (χ1) is 11.2. The largest absolute Gasteiger partial charge is 0.387 e. The van der Waals surface area contributed by atoms with Crippen molar-refractivity contribution in [2.45, 2.75) is 95.3 Å². The molecular weight excluding hydrogens is 300 g/mol. The number of hydrogen-bond acceptors (Lipinski definition) is 6. The van der Waals surface area contributed by atoms with Crippen LogP contribution in [0.5, 0.6) is 0 Å². The fraction of sp³-hybridized carbons (Fsp3) is 1.00. The van der Waals surface area contributed by atoms with E-state index in [0.29, 0.717) is 6.61 Å². The number of fused-ring (bicyclic) bond motifs is 1. The summed E-state index contributed by atoms with van der Waals surface area (Å²) in [4.78, 5) is 0. The molecule has 2 aliphatic rings. The maximum Gasteiger partial charge on any atom is 0.186 e. The smallest absolute Gasteiger partial charge is 0.186 e. The number of aliphatic hydroxyl groups is 2. The SMILES string of the molecule is CCCCCCCCCC1OCC2OC(OC)C(O)C(O)C2O1. The van der Waals surface area contributed by atoms with Gasteiger partial charge < -0.3 is 29.2 Å². The summed E-state index contributed by atoms with van der Waals surface area (Å²) in [5.41, 5.74) is 0. The second-order valence-corrected chi connectivity index (χ2v) is 6.53. The van der Waals surface area contributed by atoms with Gasteiger partial charge in [-0.2, -0.15) is 0 Å². The van der Waals surface area contributed by atoms with Crippen molar-refractivity contribution in [2.75, 3.05) is 13.7 Å². The van der Waals surface area contributed by atoms with E-state index in [4.69, 9.17) is 18.9 Å². The molecular formula is C17H32O6. The predicted molar refractivity (Wildman–Crippen MR) is 84.9 cm³/mol. The third kappa shape index (κ3) is 5.37. The molecule has 0 bridgehead atoms. The predicted octanol–water partition coefficient (Wildman–Crippen LogP) is 1.96. The second-order valence-electron chi connectivity index (χ2n) is 6.53. The lowest BCUT2D eigenvalue weighted by Crippen LogP contribution is -2.63. The molecule has 0 spiro atoms. The Kier molecular flexibility index (Phi) is 8.23. The summed E-state index contributed by atoms with van der Waals surface area (Å²) in [7, 11) is 1.44. The van der Waals surface area contributed by atoms with Crippen molar-refractivity contribution in [2.24, 2.45) is 0 Å². The van der Waals surface area contributed by atoms with Gasteiger partial charge in [-0.15, -0.1) is 0 Å². The molecule has 0 radical (unpaired) electrons. The number of hydrogen-bond donors (Lipinski definition) is 2. The molecule has 6 atom stereocenters. The Morgan fingerprint density at radius 2 is 1.65 bits per heavy atom. The highest BCUT2D eigenvalue weighted by molar-refractivity contribution is 4.92. The first-order valence-electron chi connectivity index (χ1n) is 8.98. The van der Waals surface area contributed by atoms with Crippen LogP contribution < -0.4 is 0 Å². The van der Waals surface area contributed by atoms with E-state index >= 15 is 0 Å². The van der Waals surface area contributed by atoms with Gasteiger partial charge in [0.1, 0.15) is 24.4 Å². The van der Waals surface area contributed by atoms with Crippen molar-refractivity contribution >= 4 is 0 Å². The summed E-state index contributed by atoms with van der Waals surface area (Å²) in [5.74, 6) is 0. The Balaban J connectivity index is 1.66. The Morgan fingerprint density at radius 1 is 0.957 bits per heavy atom. The molecule has 0 aromatic carbocycles. The molecule has 0 aliphatic carbocycles. The van der Waals surface area contributed by atoms with Gasteiger partial charge >= 0.3 is 0 Å². The molecule has 2 N–H and O–H groups in total. The average Bonchev–Trinajstić information content (AvgIpc) is 2.57. The minimum absolute atomic E-state index is 0.323. The maximum absolute atomic E-state index is 10.2. The van der Waals surface area contributed by atoms with Crippen LogP contribution in [0.2, 0.25) is 0 Å². The Bertz CT molecular complexity index is 324. The third-order valence-corrected chi connectivity index (χ3v) is 4.67. The Labute approximate surface area is 139 Å². The molecule has 6 nitrogen and oxygen atoms in total. The Hall–Kier alpha value is -0.240. The van der Waals surface area contributed by atoms with Gasteiger partial charge in [0.2, 0.25) is 0 Å². The fourth-order valence-corrected chi connectivity index (χ4v) is 3.24. The molecule has 2 aliphatic heterocycles. The second kappa shape index (κ2) is 9.91. The van der Waals surface area contributed by atoms with E-state index < -0.39 is 30.7 Å².